The highest BCUT2D eigenvalue weighted by Gasteiger charge is 2.37. The number of benzene rings is 1. The maximum atomic E-state index is 12.4. The van der Waals surface area contributed by atoms with E-state index in [9.17, 15) is 19.3 Å². The van der Waals surface area contributed by atoms with Crippen molar-refractivity contribution in [3.8, 4) is 0 Å². The van der Waals surface area contributed by atoms with Crippen molar-refractivity contribution >= 4 is 32.5 Å². The van der Waals surface area contributed by atoms with Gasteiger partial charge < -0.3 is 19.3 Å². The maximum Gasteiger partial charge on any atom is 0.350 e. The lowest BCUT2D eigenvalue weighted by Gasteiger charge is -2.16. The first-order valence-electron chi connectivity index (χ1n) is 9.15. The number of H-pyrrole nitrogens is 1. The Labute approximate surface area is 176 Å². The maximum absolute atomic E-state index is 12.4. The normalized spacial score (nSPS) is 23.0. The van der Waals surface area contributed by atoms with E-state index in [4.69, 9.17) is 17.2 Å². The quantitative estimate of drug-likeness (QED) is 0.305. The number of aromatic amines is 1. The molecular weight excluding hydrogens is 428 g/mol. The van der Waals surface area contributed by atoms with E-state index >= 15 is 0 Å². The van der Waals surface area contributed by atoms with E-state index in [-0.39, 0.29) is 18.0 Å². The molecule has 3 heterocycles. The number of anilines is 1. The van der Waals surface area contributed by atoms with Crippen LogP contribution < -0.4 is 11.0 Å². The van der Waals surface area contributed by atoms with Gasteiger partial charge in [0.2, 0.25) is 13.5 Å². The molecule has 12 nitrogen and oxygen atoms in total. The van der Waals surface area contributed by atoms with E-state index in [0.29, 0.717) is 11.1 Å². The summed E-state index contributed by atoms with van der Waals surface area (Å²) < 4.78 is 22.4. The highest BCUT2D eigenvalue weighted by molar-refractivity contribution is 7.78. The number of aliphatic hydroxyl groups is 1. The van der Waals surface area contributed by atoms with Crippen molar-refractivity contribution in [2.45, 2.75) is 24.7 Å². The molecule has 3 aromatic rings. The van der Waals surface area contributed by atoms with Gasteiger partial charge in [-0.3, -0.25) is 19.7 Å². The Kier molecular flexibility index (Phi) is 5.78. The third-order valence-electron chi connectivity index (χ3n) is 4.67. The van der Waals surface area contributed by atoms with Crippen LogP contribution in [-0.2, 0) is 13.8 Å². The Bertz CT molecular complexity index is 1210. The molecule has 1 fully saturated rings. The van der Waals surface area contributed by atoms with Gasteiger partial charge in [-0.15, -0.1) is 0 Å². The van der Waals surface area contributed by atoms with Gasteiger partial charge in [0.05, 0.1) is 25.0 Å². The van der Waals surface area contributed by atoms with Gasteiger partial charge in [0.25, 0.3) is 13.4 Å². The molecule has 4 rings (SSSR count). The number of amides is 1. The van der Waals surface area contributed by atoms with Crippen LogP contribution in [-0.4, -0.2) is 61.9 Å². The Balaban J connectivity index is 1.58. The second-order valence-corrected chi connectivity index (χ2v) is 8.26. The highest BCUT2D eigenvalue weighted by atomic mass is 31.2. The van der Waals surface area contributed by atoms with E-state index in [1.54, 1.807) is 30.3 Å². The molecular formula is C17H17BN5O7P. The monoisotopic (exact) mass is 445 g/mol. The van der Waals surface area contributed by atoms with Gasteiger partial charge in [0, 0.05) is 17.5 Å². The molecule has 0 spiro atoms. The van der Waals surface area contributed by atoms with Gasteiger partial charge in [-0.1, -0.05) is 18.2 Å². The summed E-state index contributed by atoms with van der Waals surface area (Å²) in [5.41, 5.74) is 0.257. The van der Waals surface area contributed by atoms with Crippen LogP contribution in [0.25, 0.3) is 5.65 Å². The first kappa shape index (κ1) is 21.4. The molecule has 160 valence electrons. The van der Waals surface area contributed by atoms with Crippen LogP contribution in [0.3, 0.4) is 0 Å². The lowest BCUT2D eigenvalue weighted by atomic mass is 10.1. The lowest BCUT2D eigenvalue weighted by Crippen LogP contribution is -2.25. The number of fused-ring (bicyclic) bond motifs is 1. The van der Waals surface area contributed by atoms with Gasteiger partial charge >= 0.3 is 5.69 Å². The van der Waals surface area contributed by atoms with E-state index in [0.717, 1.165) is 4.52 Å². The molecule has 1 saturated heterocycles. The zero-order valence-corrected chi connectivity index (χ0v) is 16.8. The summed E-state index contributed by atoms with van der Waals surface area (Å²) in [6.45, 7) is -0.395. The minimum Gasteiger partial charge on any atom is -0.390 e. The number of carbonyl (C=O) groups is 1. The number of rotatable bonds is 6. The first-order chi connectivity index (χ1) is 14.7. The van der Waals surface area contributed by atoms with Crippen LogP contribution in [0.15, 0.2) is 41.3 Å². The molecule has 4 atom stereocenters. The smallest absolute Gasteiger partial charge is 0.350 e. The Morgan fingerprint density at radius 1 is 1.42 bits per heavy atom. The number of nitrogens with one attached hydrogen (secondary N) is 2. The van der Waals surface area contributed by atoms with Crippen LogP contribution in [0.5, 0.6) is 0 Å². The largest absolute Gasteiger partial charge is 0.390 e. The Morgan fingerprint density at radius 3 is 2.87 bits per heavy atom. The second-order valence-electron chi connectivity index (χ2n) is 6.87. The standard InChI is InChI=1S/C17H17BN5O7P/c18-31(27,28)29-8-13-11(24)6-12(30-13)10-7-19-23-14(10)20-16(22-17(23)26)21-15(25)9-4-2-1-3-5-9/h1-5,7,11-13,24H,6,8H2,(H,27,28)(H2,20,21,22,25,26). The molecule has 4 N–H and O–H groups in total. The third kappa shape index (κ3) is 4.76. The summed E-state index contributed by atoms with van der Waals surface area (Å²) in [6.07, 6.45) is -1.17. The number of ether oxygens (including phenoxy) is 1. The van der Waals surface area contributed by atoms with Crippen LogP contribution in [0.1, 0.15) is 28.4 Å². The van der Waals surface area contributed by atoms with E-state index in [1.165, 1.54) is 6.20 Å². The predicted octanol–water partition coefficient (Wildman–Crippen LogP) is 0.146. The molecule has 14 heteroatoms. The minimum absolute atomic E-state index is 0.0871. The SMILES string of the molecule is [B]P(=O)(O)OCC1OC(c2cnn3c(=O)[nH]c(NC(=O)c4ccccc4)nc23)CC1O. The summed E-state index contributed by atoms with van der Waals surface area (Å²) in [7, 11) is 0.712. The molecule has 2 aromatic heterocycles. The molecule has 1 aliphatic heterocycles. The number of nitrogens with zero attached hydrogens (tertiary/aromatic N) is 3. The Morgan fingerprint density at radius 2 is 2.16 bits per heavy atom. The average molecular weight is 445 g/mol. The predicted molar refractivity (Wildman–Crippen MR) is 108 cm³/mol. The number of aliphatic hydroxyl groups excluding tert-OH is 1. The van der Waals surface area contributed by atoms with Crippen molar-refractivity contribution in [3.05, 3.63) is 58.1 Å². The van der Waals surface area contributed by atoms with Crippen molar-refractivity contribution in [2.75, 3.05) is 11.9 Å². The summed E-state index contributed by atoms with van der Waals surface area (Å²) in [5.74, 6) is -0.551. The minimum atomic E-state index is -4.22. The topological polar surface area (TPSA) is 168 Å². The van der Waals surface area contributed by atoms with Crippen molar-refractivity contribution in [2.24, 2.45) is 0 Å². The van der Waals surface area contributed by atoms with Crippen molar-refractivity contribution in [3.63, 3.8) is 0 Å². The van der Waals surface area contributed by atoms with Gasteiger partial charge in [0.15, 0.2) is 5.65 Å². The zero-order valence-electron chi connectivity index (χ0n) is 15.9. The third-order valence-corrected chi connectivity index (χ3v) is 5.19. The summed E-state index contributed by atoms with van der Waals surface area (Å²) >= 11 is 0. The van der Waals surface area contributed by atoms with E-state index < -0.39 is 44.0 Å². The number of aromatic nitrogens is 4. The second kappa shape index (κ2) is 8.37. The number of carbonyl (C=O) groups excluding carboxylic acids is 1. The molecule has 0 bridgehead atoms. The Hall–Kier alpha value is -2.83. The molecule has 2 radical (unpaired) electrons. The van der Waals surface area contributed by atoms with Crippen LogP contribution in [0.2, 0.25) is 0 Å². The molecule has 0 aliphatic carbocycles. The van der Waals surface area contributed by atoms with Crippen molar-refractivity contribution < 1.29 is 28.6 Å². The summed E-state index contributed by atoms with van der Waals surface area (Å²) in [6, 6.07) is 8.39. The lowest BCUT2D eigenvalue weighted by molar-refractivity contribution is -0.0172. The molecule has 0 saturated carbocycles. The van der Waals surface area contributed by atoms with Crippen LogP contribution in [0.4, 0.5) is 5.95 Å². The number of hydrogen-bond donors (Lipinski definition) is 4. The van der Waals surface area contributed by atoms with Crippen molar-refractivity contribution in [1.82, 2.24) is 19.6 Å². The number of hydrogen-bond acceptors (Lipinski definition) is 8. The molecule has 1 aromatic carbocycles. The zero-order chi connectivity index (χ0) is 22.2. The molecule has 1 amide bonds. The molecule has 4 unspecified atom stereocenters. The average Bonchev–Trinajstić information content (AvgIpc) is 3.30. The fourth-order valence-corrected chi connectivity index (χ4v) is 3.58. The summed E-state index contributed by atoms with van der Waals surface area (Å²) in [4.78, 5) is 40.5. The first-order valence-corrected chi connectivity index (χ1v) is 10.8. The summed E-state index contributed by atoms with van der Waals surface area (Å²) in [5, 5.41) is 16.7. The van der Waals surface area contributed by atoms with Gasteiger partial charge in [-0.05, 0) is 12.1 Å². The fraction of sp³-hybridized carbons (Fsp3) is 0.294. The van der Waals surface area contributed by atoms with Crippen LogP contribution in [0, 0.1) is 0 Å². The van der Waals surface area contributed by atoms with E-state index in [2.05, 4.69) is 24.9 Å². The van der Waals surface area contributed by atoms with Crippen LogP contribution >= 0.6 is 7.47 Å². The van der Waals surface area contributed by atoms with Crippen molar-refractivity contribution in [1.29, 1.82) is 0 Å². The fourth-order valence-electron chi connectivity index (χ4n) is 3.22. The highest BCUT2D eigenvalue weighted by Crippen LogP contribution is 2.39. The molecule has 31 heavy (non-hydrogen) atoms. The van der Waals surface area contributed by atoms with Gasteiger partial charge in [-0.25, -0.2) is 4.79 Å². The van der Waals surface area contributed by atoms with E-state index in [1.807, 2.05) is 0 Å². The van der Waals surface area contributed by atoms with Gasteiger partial charge in [-0.2, -0.15) is 14.6 Å². The molecule has 1 aliphatic rings. The van der Waals surface area contributed by atoms with Gasteiger partial charge in [0.1, 0.15) is 6.10 Å².